The molecule has 1 aliphatic heterocycles. The Balaban J connectivity index is 1.31. The molecule has 4 aromatic rings. The van der Waals surface area contributed by atoms with Crippen LogP contribution in [0.5, 0.6) is 0 Å². The van der Waals surface area contributed by atoms with E-state index in [9.17, 15) is 9.59 Å². The van der Waals surface area contributed by atoms with Gasteiger partial charge in [-0.3, -0.25) is 9.59 Å². The summed E-state index contributed by atoms with van der Waals surface area (Å²) in [6, 6.07) is 18.3. The van der Waals surface area contributed by atoms with Crippen LogP contribution in [0.3, 0.4) is 0 Å². The Labute approximate surface area is 189 Å². The predicted octanol–water partition coefficient (Wildman–Crippen LogP) is 3.64. The van der Waals surface area contributed by atoms with Gasteiger partial charge in [-0.2, -0.15) is 4.68 Å². The highest BCUT2D eigenvalue weighted by molar-refractivity contribution is 6.31. The van der Waals surface area contributed by atoms with E-state index in [0.29, 0.717) is 36.9 Å². The molecule has 1 amide bonds. The fourth-order valence-corrected chi connectivity index (χ4v) is 4.15. The summed E-state index contributed by atoms with van der Waals surface area (Å²) in [7, 11) is 0. The van der Waals surface area contributed by atoms with Crippen LogP contribution < -0.4 is 10.5 Å². The second-order valence-corrected chi connectivity index (χ2v) is 8.41. The Bertz CT molecular complexity index is 1350. The van der Waals surface area contributed by atoms with Crippen LogP contribution in [-0.4, -0.2) is 51.8 Å². The molecule has 0 unspecified atom stereocenters. The van der Waals surface area contributed by atoms with Gasteiger partial charge in [-0.15, -0.1) is 5.10 Å². The minimum atomic E-state index is -0.176. The Morgan fingerprint density at radius 2 is 1.72 bits per heavy atom. The second kappa shape index (κ2) is 8.16. The van der Waals surface area contributed by atoms with Gasteiger partial charge < -0.3 is 14.8 Å². The summed E-state index contributed by atoms with van der Waals surface area (Å²) in [4.78, 5) is 32.5. The van der Waals surface area contributed by atoms with E-state index >= 15 is 0 Å². The van der Waals surface area contributed by atoms with Crippen LogP contribution >= 0.6 is 11.6 Å². The van der Waals surface area contributed by atoms with E-state index in [1.165, 1.54) is 10.7 Å². The Kier molecular flexibility index (Phi) is 5.19. The third-order valence-corrected chi connectivity index (χ3v) is 6.00. The van der Waals surface area contributed by atoms with Gasteiger partial charge in [0.1, 0.15) is 11.5 Å². The van der Waals surface area contributed by atoms with Crippen LogP contribution in [0.4, 0.5) is 5.82 Å². The summed E-state index contributed by atoms with van der Waals surface area (Å²) >= 11 is 6.06. The van der Waals surface area contributed by atoms with Crippen molar-refractivity contribution in [2.75, 3.05) is 31.1 Å². The van der Waals surface area contributed by atoms with E-state index in [2.05, 4.69) is 15.0 Å². The third-order valence-electron chi connectivity index (χ3n) is 5.77. The number of hydrogen-bond donors (Lipinski definition) is 1. The van der Waals surface area contributed by atoms with E-state index < -0.39 is 0 Å². The fourth-order valence-electron chi connectivity index (χ4n) is 3.97. The molecule has 0 saturated carbocycles. The highest BCUT2D eigenvalue weighted by atomic mass is 35.5. The minimum absolute atomic E-state index is 0.0328. The van der Waals surface area contributed by atoms with Gasteiger partial charge in [-0.1, -0.05) is 29.3 Å². The summed E-state index contributed by atoms with van der Waals surface area (Å²) in [5.74, 6) is 0.687. The molecule has 0 atom stereocenters. The van der Waals surface area contributed by atoms with Crippen molar-refractivity contribution in [3.63, 3.8) is 0 Å². The Morgan fingerprint density at radius 1 is 0.969 bits per heavy atom. The minimum Gasteiger partial charge on any atom is -0.352 e. The maximum atomic E-state index is 13.0. The van der Waals surface area contributed by atoms with Crippen molar-refractivity contribution >= 4 is 34.2 Å². The lowest BCUT2D eigenvalue weighted by atomic mass is 10.2. The van der Waals surface area contributed by atoms with Gasteiger partial charge in [0.05, 0.1) is 5.69 Å². The summed E-state index contributed by atoms with van der Waals surface area (Å²) in [5.41, 5.74) is 3.12. The summed E-state index contributed by atoms with van der Waals surface area (Å²) in [5, 5.41) is 6.13. The van der Waals surface area contributed by atoms with Crippen LogP contribution in [0.2, 0.25) is 5.02 Å². The highest BCUT2D eigenvalue weighted by Crippen LogP contribution is 2.22. The summed E-state index contributed by atoms with van der Waals surface area (Å²) in [6.45, 7) is 4.41. The molecule has 5 rings (SSSR count). The molecular formula is C24H22ClN5O2. The van der Waals surface area contributed by atoms with Gasteiger partial charge in [0, 0.05) is 48.2 Å². The molecule has 1 fully saturated rings. The molecule has 0 spiro atoms. The molecule has 1 saturated heterocycles. The van der Waals surface area contributed by atoms with Crippen molar-refractivity contribution in [3.8, 4) is 5.69 Å². The molecule has 2 aromatic heterocycles. The van der Waals surface area contributed by atoms with Crippen LogP contribution in [0.1, 0.15) is 16.1 Å². The summed E-state index contributed by atoms with van der Waals surface area (Å²) < 4.78 is 1.42. The molecular weight excluding hydrogens is 426 g/mol. The van der Waals surface area contributed by atoms with E-state index in [4.69, 9.17) is 11.6 Å². The maximum absolute atomic E-state index is 13.0. The molecule has 3 heterocycles. The monoisotopic (exact) mass is 447 g/mol. The van der Waals surface area contributed by atoms with Gasteiger partial charge in [-0.05, 0) is 49.4 Å². The second-order valence-electron chi connectivity index (χ2n) is 7.97. The first-order valence-electron chi connectivity index (χ1n) is 10.5. The number of nitrogens with one attached hydrogen (secondary N) is 1. The number of aryl methyl sites for hydroxylation is 1. The number of H-pyrrole nitrogens is 1. The lowest BCUT2D eigenvalue weighted by Gasteiger charge is -2.35. The zero-order chi connectivity index (χ0) is 22.2. The number of hydrogen-bond acceptors (Lipinski definition) is 4. The van der Waals surface area contributed by atoms with Crippen molar-refractivity contribution < 1.29 is 4.79 Å². The molecule has 8 heteroatoms. The first-order chi connectivity index (χ1) is 15.5. The van der Waals surface area contributed by atoms with Gasteiger partial charge in [0.15, 0.2) is 0 Å². The molecule has 7 nitrogen and oxygen atoms in total. The third kappa shape index (κ3) is 3.87. The molecule has 2 aromatic carbocycles. The lowest BCUT2D eigenvalue weighted by Crippen LogP contribution is -2.49. The zero-order valence-corrected chi connectivity index (χ0v) is 18.3. The molecule has 1 N–H and O–H groups in total. The summed E-state index contributed by atoms with van der Waals surface area (Å²) in [6.07, 6.45) is 0. The average molecular weight is 448 g/mol. The smallest absolute Gasteiger partial charge is 0.271 e. The number of piperazine rings is 1. The molecule has 1 aliphatic rings. The first-order valence-corrected chi connectivity index (χ1v) is 10.9. The number of carbonyl (C=O) groups is 1. The largest absolute Gasteiger partial charge is 0.352 e. The van der Waals surface area contributed by atoms with Crippen molar-refractivity contribution in [3.05, 3.63) is 87.3 Å². The molecule has 0 aliphatic carbocycles. The molecule has 32 heavy (non-hydrogen) atoms. The van der Waals surface area contributed by atoms with E-state index in [1.54, 1.807) is 12.1 Å². The standard InChI is InChI=1S/C24H22ClN5O2/c1-16-2-5-19(6-3-16)30-23(31)9-8-22(27-30)28-10-12-29(13-11-28)24(32)21-15-17-14-18(25)4-7-20(17)26-21/h2-9,14-15,26H,10-13H2,1H3. The molecule has 0 radical (unpaired) electrons. The maximum Gasteiger partial charge on any atom is 0.271 e. The normalized spacial score (nSPS) is 14.2. The quantitative estimate of drug-likeness (QED) is 0.520. The highest BCUT2D eigenvalue weighted by Gasteiger charge is 2.24. The van der Waals surface area contributed by atoms with Crippen LogP contribution in [0.15, 0.2) is 65.5 Å². The molecule has 0 bridgehead atoms. The van der Waals surface area contributed by atoms with Gasteiger partial charge >= 0.3 is 0 Å². The lowest BCUT2D eigenvalue weighted by molar-refractivity contribution is 0.0741. The fraction of sp³-hybridized carbons (Fsp3) is 0.208. The first kappa shape index (κ1) is 20.3. The van der Waals surface area contributed by atoms with Crippen LogP contribution in [-0.2, 0) is 0 Å². The number of amides is 1. The number of benzene rings is 2. The van der Waals surface area contributed by atoms with Gasteiger partial charge in [0.25, 0.3) is 11.5 Å². The van der Waals surface area contributed by atoms with Gasteiger partial charge in [-0.25, -0.2) is 0 Å². The number of aromatic amines is 1. The predicted molar refractivity (Wildman–Crippen MR) is 126 cm³/mol. The number of rotatable bonds is 3. The topological polar surface area (TPSA) is 74.2 Å². The van der Waals surface area contributed by atoms with Crippen molar-refractivity contribution in [1.29, 1.82) is 0 Å². The Morgan fingerprint density at radius 3 is 2.47 bits per heavy atom. The average Bonchev–Trinajstić information content (AvgIpc) is 3.23. The number of anilines is 1. The number of nitrogens with zero attached hydrogens (tertiary/aromatic N) is 4. The number of halogens is 1. The number of aromatic nitrogens is 3. The van der Waals surface area contributed by atoms with E-state index in [-0.39, 0.29) is 11.5 Å². The van der Waals surface area contributed by atoms with Gasteiger partial charge in [0.2, 0.25) is 0 Å². The number of fused-ring (bicyclic) bond motifs is 1. The van der Waals surface area contributed by atoms with Crippen LogP contribution in [0, 0.1) is 6.92 Å². The molecule has 162 valence electrons. The van der Waals surface area contributed by atoms with Crippen molar-refractivity contribution in [1.82, 2.24) is 19.7 Å². The number of carbonyl (C=O) groups excluding carboxylic acids is 1. The van der Waals surface area contributed by atoms with Crippen LogP contribution in [0.25, 0.3) is 16.6 Å². The van der Waals surface area contributed by atoms with E-state index in [1.807, 2.05) is 54.3 Å². The van der Waals surface area contributed by atoms with Crippen molar-refractivity contribution in [2.24, 2.45) is 0 Å². The van der Waals surface area contributed by atoms with E-state index in [0.717, 1.165) is 28.0 Å². The Hall–Kier alpha value is -3.58. The zero-order valence-electron chi connectivity index (χ0n) is 17.6. The van der Waals surface area contributed by atoms with Crippen molar-refractivity contribution in [2.45, 2.75) is 6.92 Å². The SMILES string of the molecule is Cc1ccc(-n2nc(N3CCN(C(=O)c4cc5cc(Cl)ccc5[nH]4)CC3)ccc2=O)cc1.